The molecule has 1 aromatic carbocycles. The van der Waals surface area contributed by atoms with Crippen LogP contribution in [0, 0.1) is 0 Å². The fourth-order valence-electron chi connectivity index (χ4n) is 0.932. The number of fused-ring (bicyclic) bond motifs is 1. The minimum Gasteiger partial charge on any atom is -0.870 e. The molecule has 0 amide bonds. The predicted molar refractivity (Wildman–Crippen MR) is 41.2 cm³/mol. The molecular formula is C8H8KNO2. The molecule has 0 saturated heterocycles. The van der Waals surface area contributed by atoms with E-state index in [1.165, 1.54) is 0 Å². The average molecular weight is 189 g/mol. The summed E-state index contributed by atoms with van der Waals surface area (Å²) in [7, 11) is 0. The molecule has 1 aliphatic heterocycles. The van der Waals surface area contributed by atoms with Gasteiger partial charge in [0.05, 0.1) is 0 Å². The first-order chi connectivity index (χ1) is 4.97. The molecule has 58 valence electrons. The summed E-state index contributed by atoms with van der Waals surface area (Å²) in [5.41, 5.74) is 3.77. The summed E-state index contributed by atoms with van der Waals surface area (Å²) in [4.78, 5) is 5.09. The van der Waals surface area contributed by atoms with Crippen LogP contribution in [-0.4, -0.2) is 5.48 Å². The van der Waals surface area contributed by atoms with Gasteiger partial charge in [0, 0.05) is 11.8 Å². The van der Waals surface area contributed by atoms with Crippen molar-refractivity contribution in [2.45, 2.75) is 0 Å². The summed E-state index contributed by atoms with van der Waals surface area (Å²) in [5, 5.41) is 0. The van der Waals surface area contributed by atoms with Crippen molar-refractivity contribution in [2.24, 2.45) is 0 Å². The number of para-hydroxylation sites is 1. The average Bonchev–Trinajstić information content (AvgIpc) is 2.05. The summed E-state index contributed by atoms with van der Waals surface area (Å²) < 4.78 is 0. The third-order valence-corrected chi connectivity index (χ3v) is 1.42. The molecule has 2 rings (SSSR count). The van der Waals surface area contributed by atoms with Crippen LogP contribution in [0.5, 0.6) is 5.75 Å². The topological polar surface area (TPSA) is 51.3 Å². The van der Waals surface area contributed by atoms with Gasteiger partial charge in [0.1, 0.15) is 0 Å². The van der Waals surface area contributed by atoms with Crippen molar-refractivity contribution in [3.63, 3.8) is 0 Å². The van der Waals surface area contributed by atoms with Crippen molar-refractivity contribution in [1.29, 1.82) is 0 Å². The molecule has 3 nitrogen and oxygen atoms in total. The van der Waals surface area contributed by atoms with E-state index in [2.05, 4.69) is 5.48 Å². The number of rotatable bonds is 0. The van der Waals surface area contributed by atoms with E-state index < -0.39 is 0 Å². The number of nitrogens with one attached hydrogen (secondary N) is 1. The minimum absolute atomic E-state index is 0. The van der Waals surface area contributed by atoms with E-state index in [4.69, 9.17) is 4.84 Å². The van der Waals surface area contributed by atoms with Gasteiger partial charge in [-0.1, -0.05) is 18.2 Å². The van der Waals surface area contributed by atoms with Gasteiger partial charge >= 0.3 is 51.4 Å². The molecule has 2 N–H and O–H groups in total. The zero-order chi connectivity index (χ0) is 6.81. The summed E-state index contributed by atoms with van der Waals surface area (Å²) >= 11 is 0. The van der Waals surface area contributed by atoms with Crippen molar-refractivity contribution in [3.05, 3.63) is 36.0 Å². The zero-order valence-electron chi connectivity index (χ0n) is 6.82. The van der Waals surface area contributed by atoms with Gasteiger partial charge in [0.25, 0.3) is 0 Å². The van der Waals surface area contributed by atoms with Gasteiger partial charge in [-0.15, -0.1) is 0 Å². The fraction of sp³-hybridized carbons (Fsp3) is 0. The van der Waals surface area contributed by atoms with Crippen molar-refractivity contribution in [2.75, 3.05) is 0 Å². The first-order valence-electron chi connectivity index (χ1n) is 3.15. The molecule has 0 spiro atoms. The maximum Gasteiger partial charge on any atom is 1.00 e. The summed E-state index contributed by atoms with van der Waals surface area (Å²) in [6.45, 7) is 0. The number of hydrogen-bond donors (Lipinski definition) is 1. The van der Waals surface area contributed by atoms with Crippen LogP contribution in [0.2, 0.25) is 0 Å². The molecule has 12 heavy (non-hydrogen) atoms. The molecule has 1 heterocycles. The Morgan fingerprint density at radius 3 is 2.67 bits per heavy atom. The quantitative estimate of drug-likeness (QED) is 0.499. The molecule has 0 atom stereocenters. The monoisotopic (exact) mass is 189 g/mol. The van der Waals surface area contributed by atoms with Crippen LogP contribution in [0.1, 0.15) is 5.56 Å². The van der Waals surface area contributed by atoms with Crippen molar-refractivity contribution in [3.8, 4) is 5.75 Å². The first kappa shape index (κ1) is 12.2. The molecule has 0 fully saturated rings. The van der Waals surface area contributed by atoms with Crippen molar-refractivity contribution < 1.29 is 61.7 Å². The molecular weight excluding hydrogens is 181 g/mol. The normalized spacial score (nSPS) is 11.0. The van der Waals surface area contributed by atoms with E-state index >= 15 is 0 Å². The fourth-order valence-corrected chi connectivity index (χ4v) is 0.932. The zero-order valence-corrected chi connectivity index (χ0v) is 9.94. The van der Waals surface area contributed by atoms with E-state index in [0.717, 1.165) is 11.3 Å². The smallest absolute Gasteiger partial charge is 0.870 e. The SMILES string of the molecule is C1=Cc2ccccc2ON1.[K+].[OH-]. The standard InChI is InChI=1S/C8H7NO.K.H2O/c1-2-4-8-7(3-1)5-6-9-10-8;;/h1-6,9H;;1H2/q;+1;/p-1. The van der Waals surface area contributed by atoms with Crippen molar-refractivity contribution >= 4 is 6.08 Å². The molecule has 0 bridgehead atoms. The second kappa shape index (κ2) is 5.74. The summed E-state index contributed by atoms with van der Waals surface area (Å²) in [6.07, 6.45) is 3.74. The van der Waals surface area contributed by atoms with Gasteiger partial charge in [-0.2, -0.15) is 0 Å². The predicted octanol–water partition coefficient (Wildman–Crippen LogP) is -1.62. The van der Waals surface area contributed by atoms with E-state index in [0.29, 0.717) is 0 Å². The Balaban J connectivity index is 0.000000605. The van der Waals surface area contributed by atoms with Gasteiger partial charge in [-0.25, -0.2) is 5.48 Å². The Hall–Kier alpha value is 0.156. The van der Waals surface area contributed by atoms with Crippen LogP contribution >= 0.6 is 0 Å². The van der Waals surface area contributed by atoms with Crippen LogP contribution in [0.3, 0.4) is 0 Å². The third-order valence-electron chi connectivity index (χ3n) is 1.42. The van der Waals surface area contributed by atoms with E-state index in [1.807, 2.05) is 30.3 Å². The maximum absolute atomic E-state index is 5.09. The van der Waals surface area contributed by atoms with Crippen LogP contribution in [-0.2, 0) is 0 Å². The number of hydroxylamine groups is 1. The van der Waals surface area contributed by atoms with Gasteiger partial charge < -0.3 is 10.3 Å². The Morgan fingerprint density at radius 2 is 1.92 bits per heavy atom. The molecule has 0 saturated carbocycles. The Bertz CT molecular complexity index is 276. The van der Waals surface area contributed by atoms with Gasteiger partial charge in [0.2, 0.25) is 0 Å². The van der Waals surface area contributed by atoms with Gasteiger partial charge in [-0.05, 0) is 12.1 Å². The largest absolute Gasteiger partial charge is 1.00 e. The molecule has 1 aliphatic rings. The van der Waals surface area contributed by atoms with Gasteiger partial charge in [0.15, 0.2) is 5.75 Å². The Kier molecular flexibility index (Phi) is 5.82. The van der Waals surface area contributed by atoms with Crippen LogP contribution < -0.4 is 61.7 Å². The minimum atomic E-state index is 0. The van der Waals surface area contributed by atoms with Crippen LogP contribution in [0.4, 0.5) is 0 Å². The molecule has 0 aliphatic carbocycles. The van der Waals surface area contributed by atoms with Crippen molar-refractivity contribution in [1.82, 2.24) is 5.48 Å². The van der Waals surface area contributed by atoms with E-state index in [9.17, 15) is 0 Å². The maximum atomic E-state index is 5.09. The second-order valence-electron chi connectivity index (χ2n) is 2.09. The summed E-state index contributed by atoms with van der Waals surface area (Å²) in [6, 6.07) is 7.86. The van der Waals surface area contributed by atoms with Gasteiger partial charge in [-0.3, -0.25) is 0 Å². The molecule has 0 aromatic heterocycles. The van der Waals surface area contributed by atoms with E-state index in [-0.39, 0.29) is 56.9 Å². The van der Waals surface area contributed by atoms with Crippen LogP contribution in [0.25, 0.3) is 6.08 Å². The molecule has 1 aromatic rings. The third kappa shape index (κ3) is 2.58. The molecule has 0 radical (unpaired) electrons. The number of hydrogen-bond acceptors (Lipinski definition) is 3. The Labute approximate surface area is 113 Å². The van der Waals surface area contributed by atoms with E-state index in [1.54, 1.807) is 6.20 Å². The molecule has 0 unspecified atom stereocenters. The second-order valence-corrected chi connectivity index (χ2v) is 2.09. The first-order valence-corrected chi connectivity index (χ1v) is 3.15. The van der Waals surface area contributed by atoms with Crippen LogP contribution in [0.15, 0.2) is 30.5 Å². The number of benzene rings is 1. The summed E-state index contributed by atoms with van der Waals surface area (Å²) in [5.74, 6) is 0.880. The molecule has 4 heteroatoms. The Morgan fingerprint density at radius 1 is 1.17 bits per heavy atom.